The molecule has 0 saturated heterocycles. The maximum atomic E-state index is 13.0. The Morgan fingerprint density at radius 2 is 1.74 bits per heavy atom. The molecule has 1 aromatic carbocycles. The van der Waals surface area contributed by atoms with Gasteiger partial charge in [0.05, 0.1) is 12.7 Å². The summed E-state index contributed by atoms with van der Waals surface area (Å²) in [5.41, 5.74) is 7.63. The Kier molecular flexibility index (Phi) is 5.48. The molecule has 5 aromatic rings. The number of halogens is 4. The Bertz CT molecular complexity index is 1590. The zero-order chi connectivity index (χ0) is 24.7. The van der Waals surface area contributed by atoms with Crippen LogP contribution >= 0.6 is 11.6 Å². The van der Waals surface area contributed by atoms with Crippen molar-refractivity contribution in [2.24, 2.45) is 0 Å². The number of aromatic nitrogens is 6. The van der Waals surface area contributed by atoms with Gasteiger partial charge < -0.3 is 5.73 Å². The van der Waals surface area contributed by atoms with E-state index in [1.165, 1.54) is 18.5 Å². The number of anilines is 1. The molecule has 4 aromatic heterocycles. The molecule has 0 aliphatic heterocycles. The minimum absolute atomic E-state index is 0.0957. The van der Waals surface area contributed by atoms with Crippen molar-refractivity contribution in [2.45, 2.75) is 12.7 Å². The maximum Gasteiger partial charge on any atom is 0.433 e. The summed E-state index contributed by atoms with van der Waals surface area (Å²) in [6.07, 6.45) is -0.413. The highest BCUT2D eigenvalue weighted by molar-refractivity contribution is 6.30. The molecule has 0 bridgehead atoms. The van der Waals surface area contributed by atoms with Crippen molar-refractivity contribution in [3.8, 4) is 22.3 Å². The first-order chi connectivity index (χ1) is 16.7. The van der Waals surface area contributed by atoms with Crippen molar-refractivity contribution in [3.05, 3.63) is 93.9 Å². The number of rotatable bonds is 4. The number of nitrogen functional groups attached to an aromatic ring is 1. The van der Waals surface area contributed by atoms with Crippen molar-refractivity contribution >= 4 is 23.1 Å². The highest BCUT2D eigenvalue weighted by Gasteiger charge is 2.32. The first kappa shape index (κ1) is 22.5. The molecule has 35 heavy (non-hydrogen) atoms. The summed E-state index contributed by atoms with van der Waals surface area (Å²) in [6.45, 7) is -0.0957. The van der Waals surface area contributed by atoms with Gasteiger partial charge in [0.2, 0.25) is 0 Å². The van der Waals surface area contributed by atoms with Gasteiger partial charge in [-0.1, -0.05) is 29.8 Å². The van der Waals surface area contributed by atoms with Crippen LogP contribution < -0.4 is 11.4 Å². The van der Waals surface area contributed by atoms with Gasteiger partial charge in [-0.15, -0.1) is 5.10 Å². The van der Waals surface area contributed by atoms with E-state index in [0.717, 1.165) is 27.0 Å². The minimum atomic E-state index is -4.55. The topological polar surface area (TPSA) is 104 Å². The van der Waals surface area contributed by atoms with E-state index in [0.29, 0.717) is 27.3 Å². The van der Waals surface area contributed by atoms with Crippen molar-refractivity contribution in [3.63, 3.8) is 0 Å². The smallest absolute Gasteiger partial charge is 0.384 e. The van der Waals surface area contributed by atoms with Crippen LogP contribution in [0.3, 0.4) is 0 Å². The predicted octanol–water partition coefficient (Wildman–Crippen LogP) is 4.32. The fourth-order valence-corrected chi connectivity index (χ4v) is 3.78. The van der Waals surface area contributed by atoms with E-state index >= 15 is 0 Å². The second kappa shape index (κ2) is 8.51. The van der Waals surface area contributed by atoms with Crippen molar-refractivity contribution in [2.75, 3.05) is 5.73 Å². The highest BCUT2D eigenvalue weighted by atomic mass is 35.5. The Morgan fingerprint density at radius 1 is 0.971 bits per heavy atom. The molecule has 0 unspecified atom stereocenters. The van der Waals surface area contributed by atoms with Crippen LogP contribution in [-0.4, -0.2) is 29.4 Å². The van der Waals surface area contributed by atoms with Gasteiger partial charge in [-0.3, -0.25) is 4.98 Å². The summed E-state index contributed by atoms with van der Waals surface area (Å²) in [4.78, 5) is 20.5. The van der Waals surface area contributed by atoms with Crippen LogP contribution in [0.2, 0.25) is 5.02 Å². The van der Waals surface area contributed by atoms with Crippen LogP contribution in [0.25, 0.3) is 27.9 Å². The minimum Gasteiger partial charge on any atom is -0.384 e. The highest BCUT2D eigenvalue weighted by Crippen LogP contribution is 2.35. The Morgan fingerprint density at radius 3 is 2.40 bits per heavy atom. The quantitative estimate of drug-likeness (QED) is 0.396. The number of benzene rings is 1. The monoisotopic (exact) mass is 497 g/mol. The summed E-state index contributed by atoms with van der Waals surface area (Å²) < 4.78 is 40.7. The molecule has 0 fully saturated rings. The summed E-state index contributed by atoms with van der Waals surface area (Å²) >= 11 is 6.04. The molecule has 0 amide bonds. The normalized spacial score (nSPS) is 11.8. The predicted molar refractivity (Wildman–Crippen MR) is 124 cm³/mol. The van der Waals surface area contributed by atoms with E-state index in [1.54, 1.807) is 24.3 Å². The molecule has 0 spiro atoms. The fraction of sp³-hybridized carbons (Fsp3) is 0.0870. The summed E-state index contributed by atoms with van der Waals surface area (Å²) in [6, 6.07) is 12.6. The lowest BCUT2D eigenvalue weighted by Crippen LogP contribution is -2.23. The Hall–Kier alpha value is -4.25. The van der Waals surface area contributed by atoms with Gasteiger partial charge in [-0.2, -0.15) is 22.8 Å². The third kappa shape index (κ3) is 4.33. The van der Waals surface area contributed by atoms with Gasteiger partial charge in [0.15, 0.2) is 5.65 Å². The van der Waals surface area contributed by atoms with Crippen LogP contribution in [0.5, 0.6) is 0 Å². The first-order valence-corrected chi connectivity index (χ1v) is 10.6. The first-order valence-electron chi connectivity index (χ1n) is 10.2. The SMILES string of the molecule is Nc1cc(-c2c(-c3ccc(Cl)cc3)cnn3c(=O)n(Cc4ccc(C(F)(F)F)nc4)nc23)ccn1. The van der Waals surface area contributed by atoms with Gasteiger partial charge in [0.25, 0.3) is 0 Å². The lowest BCUT2D eigenvalue weighted by atomic mass is 9.97. The van der Waals surface area contributed by atoms with E-state index in [-0.39, 0.29) is 18.0 Å². The van der Waals surface area contributed by atoms with Crippen LogP contribution in [0.1, 0.15) is 11.3 Å². The molecular formula is C23H15ClF3N7O. The second-order valence-electron chi connectivity index (χ2n) is 7.63. The number of hydrogen-bond donors (Lipinski definition) is 1. The van der Waals surface area contributed by atoms with Crippen LogP contribution in [-0.2, 0) is 12.7 Å². The van der Waals surface area contributed by atoms with Gasteiger partial charge in [-0.25, -0.2) is 14.5 Å². The Balaban J connectivity index is 1.67. The third-order valence-corrected chi connectivity index (χ3v) is 5.54. The van der Waals surface area contributed by atoms with E-state index in [2.05, 4.69) is 20.2 Å². The van der Waals surface area contributed by atoms with Gasteiger partial charge >= 0.3 is 11.9 Å². The zero-order valence-corrected chi connectivity index (χ0v) is 18.5. The van der Waals surface area contributed by atoms with Crippen LogP contribution in [0, 0.1) is 0 Å². The van der Waals surface area contributed by atoms with Gasteiger partial charge in [0, 0.05) is 28.5 Å². The van der Waals surface area contributed by atoms with E-state index in [1.807, 2.05) is 12.1 Å². The lowest BCUT2D eigenvalue weighted by Gasteiger charge is -2.11. The zero-order valence-electron chi connectivity index (χ0n) is 17.7. The van der Waals surface area contributed by atoms with Gasteiger partial charge in [0.1, 0.15) is 11.5 Å². The fourth-order valence-electron chi connectivity index (χ4n) is 3.66. The maximum absolute atomic E-state index is 13.0. The summed E-state index contributed by atoms with van der Waals surface area (Å²) in [7, 11) is 0. The standard InChI is InChI=1S/C23H15ClF3N7O/c24-16-4-2-14(3-5-16)17-11-31-34-21(20(17)15-7-8-29-19(28)9-15)32-33(22(34)35)12-13-1-6-18(30-10-13)23(25,26)27/h1-11H,12H2,(H2,28,29). The molecule has 0 saturated carbocycles. The molecule has 0 radical (unpaired) electrons. The summed E-state index contributed by atoms with van der Waals surface area (Å²) in [5, 5.41) is 9.29. The summed E-state index contributed by atoms with van der Waals surface area (Å²) in [5.74, 6) is 0.275. The molecule has 0 aliphatic carbocycles. The molecule has 176 valence electrons. The average Bonchev–Trinajstić information content (AvgIpc) is 3.14. The molecule has 12 heteroatoms. The second-order valence-corrected chi connectivity index (χ2v) is 8.07. The molecule has 0 atom stereocenters. The van der Waals surface area contributed by atoms with Crippen molar-refractivity contribution < 1.29 is 13.2 Å². The number of nitrogens with zero attached hydrogens (tertiary/aromatic N) is 6. The van der Waals surface area contributed by atoms with Crippen LogP contribution in [0.15, 0.2) is 71.9 Å². The number of alkyl halides is 3. The van der Waals surface area contributed by atoms with Gasteiger partial charge in [-0.05, 0) is 47.0 Å². The Labute approximate surface area is 200 Å². The average molecular weight is 498 g/mol. The molecular weight excluding hydrogens is 483 g/mol. The van der Waals surface area contributed by atoms with Crippen LogP contribution in [0.4, 0.5) is 19.0 Å². The lowest BCUT2D eigenvalue weighted by molar-refractivity contribution is -0.141. The molecule has 4 heterocycles. The molecule has 0 aliphatic rings. The number of fused-ring (bicyclic) bond motifs is 1. The van der Waals surface area contributed by atoms with E-state index in [4.69, 9.17) is 17.3 Å². The number of pyridine rings is 2. The molecule has 2 N–H and O–H groups in total. The van der Waals surface area contributed by atoms with E-state index < -0.39 is 17.6 Å². The molecule has 8 nitrogen and oxygen atoms in total. The number of hydrogen-bond acceptors (Lipinski definition) is 6. The van der Waals surface area contributed by atoms with Crippen molar-refractivity contribution in [1.82, 2.24) is 29.4 Å². The van der Waals surface area contributed by atoms with Crippen molar-refractivity contribution in [1.29, 1.82) is 0 Å². The largest absolute Gasteiger partial charge is 0.433 e. The third-order valence-electron chi connectivity index (χ3n) is 5.29. The van der Waals surface area contributed by atoms with E-state index in [9.17, 15) is 18.0 Å². The number of nitrogens with two attached hydrogens (primary N) is 1. The molecule has 5 rings (SSSR count).